The SMILES string of the molecule is COc1ccc(NC(c2ccc[nH]2)C(Cc2ccccc2)[N+](=O)[O-])cc1. The number of nitro groups is 1. The van der Waals surface area contributed by atoms with E-state index in [-0.39, 0.29) is 4.92 Å². The van der Waals surface area contributed by atoms with E-state index in [0.29, 0.717) is 6.42 Å². The zero-order valence-corrected chi connectivity index (χ0v) is 14.5. The van der Waals surface area contributed by atoms with Gasteiger partial charge in [-0.05, 0) is 42.0 Å². The van der Waals surface area contributed by atoms with Crippen molar-refractivity contribution in [1.82, 2.24) is 4.98 Å². The summed E-state index contributed by atoms with van der Waals surface area (Å²) in [6.07, 6.45) is 2.11. The Morgan fingerprint density at radius 3 is 2.38 bits per heavy atom. The number of nitrogens with one attached hydrogen (secondary N) is 2. The Hall–Kier alpha value is -3.28. The maximum absolute atomic E-state index is 11.9. The molecule has 0 aliphatic rings. The first-order chi connectivity index (χ1) is 12.7. The quantitative estimate of drug-likeness (QED) is 0.474. The molecule has 2 unspecified atom stereocenters. The molecule has 0 radical (unpaired) electrons. The molecule has 2 atom stereocenters. The fraction of sp³-hybridized carbons (Fsp3) is 0.200. The van der Waals surface area contributed by atoms with Crippen molar-refractivity contribution in [2.45, 2.75) is 18.5 Å². The molecule has 2 N–H and O–H groups in total. The molecule has 6 heteroatoms. The number of hydrogen-bond donors (Lipinski definition) is 2. The minimum Gasteiger partial charge on any atom is -0.497 e. The summed E-state index contributed by atoms with van der Waals surface area (Å²) in [5.41, 5.74) is 2.51. The Bertz CT molecular complexity index is 817. The summed E-state index contributed by atoms with van der Waals surface area (Å²) < 4.78 is 5.17. The second-order valence-electron chi connectivity index (χ2n) is 6.02. The van der Waals surface area contributed by atoms with Gasteiger partial charge in [-0.2, -0.15) is 0 Å². The molecule has 3 aromatic rings. The Labute approximate surface area is 152 Å². The van der Waals surface area contributed by atoms with Crippen LogP contribution in [-0.2, 0) is 6.42 Å². The molecule has 1 heterocycles. The lowest BCUT2D eigenvalue weighted by atomic mass is 9.97. The van der Waals surface area contributed by atoms with Gasteiger partial charge in [0.2, 0.25) is 6.04 Å². The third kappa shape index (κ3) is 4.22. The van der Waals surface area contributed by atoms with Gasteiger partial charge in [0.15, 0.2) is 0 Å². The third-order valence-corrected chi connectivity index (χ3v) is 4.31. The highest BCUT2D eigenvalue weighted by Gasteiger charge is 2.33. The van der Waals surface area contributed by atoms with Gasteiger partial charge in [-0.15, -0.1) is 0 Å². The van der Waals surface area contributed by atoms with Gasteiger partial charge in [-0.25, -0.2) is 0 Å². The summed E-state index contributed by atoms with van der Waals surface area (Å²) in [6.45, 7) is 0. The normalized spacial score (nSPS) is 13.0. The molecule has 134 valence electrons. The Balaban J connectivity index is 1.89. The summed E-state index contributed by atoms with van der Waals surface area (Å²) in [7, 11) is 1.60. The van der Waals surface area contributed by atoms with E-state index in [0.717, 1.165) is 22.7 Å². The largest absolute Gasteiger partial charge is 0.497 e. The Morgan fingerprint density at radius 1 is 1.08 bits per heavy atom. The number of hydrogen-bond acceptors (Lipinski definition) is 4. The molecular formula is C20H21N3O3. The van der Waals surface area contributed by atoms with E-state index in [4.69, 9.17) is 4.74 Å². The lowest BCUT2D eigenvalue weighted by Gasteiger charge is -2.23. The van der Waals surface area contributed by atoms with Crippen molar-refractivity contribution < 1.29 is 9.66 Å². The maximum atomic E-state index is 11.9. The van der Waals surface area contributed by atoms with Crippen molar-refractivity contribution in [3.05, 3.63) is 94.3 Å². The minimum absolute atomic E-state index is 0.213. The van der Waals surface area contributed by atoms with Crippen LogP contribution in [0.15, 0.2) is 72.9 Å². The van der Waals surface area contributed by atoms with E-state index in [2.05, 4.69) is 10.3 Å². The lowest BCUT2D eigenvalue weighted by Crippen LogP contribution is -2.34. The summed E-state index contributed by atoms with van der Waals surface area (Å²) in [5, 5.41) is 15.2. The van der Waals surface area contributed by atoms with Crippen molar-refractivity contribution in [2.75, 3.05) is 12.4 Å². The van der Waals surface area contributed by atoms with E-state index >= 15 is 0 Å². The number of H-pyrrole nitrogens is 1. The number of rotatable bonds is 8. The smallest absolute Gasteiger partial charge is 0.242 e. The average molecular weight is 351 g/mol. The summed E-state index contributed by atoms with van der Waals surface area (Å²) in [5.74, 6) is 0.738. The zero-order chi connectivity index (χ0) is 18.4. The van der Waals surface area contributed by atoms with E-state index in [1.165, 1.54) is 0 Å². The Kier molecular flexibility index (Phi) is 5.53. The van der Waals surface area contributed by atoms with E-state index < -0.39 is 12.1 Å². The highest BCUT2D eigenvalue weighted by atomic mass is 16.6. The van der Waals surface area contributed by atoms with Crippen LogP contribution in [0.2, 0.25) is 0 Å². The van der Waals surface area contributed by atoms with Gasteiger partial charge < -0.3 is 15.0 Å². The van der Waals surface area contributed by atoms with Gasteiger partial charge in [0.25, 0.3) is 0 Å². The number of benzene rings is 2. The van der Waals surface area contributed by atoms with Crippen molar-refractivity contribution in [3.63, 3.8) is 0 Å². The van der Waals surface area contributed by atoms with Crippen LogP contribution in [0.5, 0.6) is 5.75 Å². The van der Waals surface area contributed by atoms with Gasteiger partial charge in [0.05, 0.1) is 7.11 Å². The molecule has 0 aliphatic carbocycles. The molecule has 0 saturated carbocycles. The van der Waals surface area contributed by atoms with Crippen LogP contribution in [-0.4, -0.2) is 23.1 Å². The number of ether oxygens (including phenoxy) is 1. The van der Waals surface area contributed by atoms with Gasteiger partial charge in [-0.1, -0.05) is 30.3 Å². The summed E-state index contributed by atoms with van der Waals surface area (Å²) in [4.78, 5) is 14.8. The fourth-order valence-electron chi connectivity index (χ4n) is 2.96. The molecular weight excluding hydrogens is 330 g/mol. The van der Waals surface area contributed by atoms with Crippen molar-refractivity contribution in [2.24, 2.45) is 0 Å². The molecule has 0 bridgehead atoms. The van der Waals surface area contributed by atoms with E-state index in [9.17, 15) is 10.1 Å². The number of nitrogens with zero attached hydrogens (tertiary/aromatic N) is 1. The molecule has 0 aliphatic heterocycles. The highest BCUT2D eigenvalue weighted by Crippen LogP contribution is 2.27. The first-order valence-corrected chi connectivity index (χ1v) is 8.38. The number of aromatic nitrogens is 1. The predicted octanol–water partition coefficient (Wildman–Crippen LogP) is 4.06. The molecule has 3 rings (SSSR count). The molecule has 0 saturated heterocycles. The van der Waals surface area contributed by atoms with Gasteiger partial charge in [0.1, 0.15) is 11.8 Å². The molecule has 0 fully saturated rings. The van der Waals surface area contributed by atoms with Crippen LogP contribution >= 0.6 is 0 Å². The molecule has 6 nitrogen and oxygen atoms in total. The highest BCUT2D eigenvalue weighted by molar-refractivity contribution is 5.48. The minimum atomic E-state index is -0.821. The zero-order valence-electron chi connectivity index (χ0n) is 14.5. The number of anilines is 1. The van der Waals surface area contributed by atoms with Crippen LogP contribution in [0, 0.1) is 10.1 Å². The number of methoxy groups -OCH3 is 1. The van der Waals surface area contributed by atoms with Crippen molar-refractivity contribution in [3.8, 4) is 5.75 Å². The van der Waals surface area contributed by atoms with Gasteiger partial charge in [-0.3, -0.25) is 10.1 Å². The van der Waals surface area contributed by atoms with Crippen molar-refractivity contribution in [1.29, 1.82) is 0 Å². The second-order valence-corrected chi connectivity index (χ2v) is 6.02. The van der Waals surface area contributed by atoms with Gasteiger partial charge >= 0.3 is 0 Å². The monoisotopic (exact) mass is 351 g/mol. The van der Waals surface area contributed by atoms with Crippen LogP contribution in [0.4, 0.5) is 5.69 Å². The first-order valence-electron chi connectivity index (χ1n) is 8.38. The van der Waals surface area contributed by atoms with Crippen LogP contribution in [0.1, 0.15) is 17.3 Å². The average Bonchev–Trinajstić information content (AvgIpc) is 3.20. The van der Waals surface area contributed by atoms with Crippen molar-refractivity contribution >= 4 is 5.69 Å². The van der Waals surface area contributed by atoms with Crippen LogP contribution in [0.25, 0.3) is 0 Å². The standard InChI is InChI=1S/C20H21N3O3/c1-26-17-11-9-16(10-12-17)22-20(18-8-5-13-21-18)19(23(24)25)14-15-6-3-2-4-7-15/h2-13,19-22H,14H2,1H3. The molecule has 0 amide bonds. The van der Waals surface area contributed by atoms with Crippen LogP contribution in [0.3, 0.4) is 0 Å². The van der Waals surface area contributed by atoms with Crippen LogP contribution < -0.4 is 10.1 Å². The third-order valence-electron chi connectivity index (χ3n) is 4.31. The molecule has 1 aromatic heterocycles. The van der Waals surface area contributed by atoms with Gasteiger partial charge in [0, 0.05) is 28.9 Å². The number of aromatic amines is 1. The maximum Gasteiger partial charge on any atom is 0.242 e. The topological polar surface area (TPSA) is 80.2 Å². The lowest BCUT2D eigenvalue weighted by molar-refractivity contribution is -0.525. The summed E-state index contributed by atoms with van der Waals surface area (Å²) in [6, 6.07) is 19.3. The molecule has 2 aromatic carbocycles. The fourth-order valence-corrected chi connectivity index (χ4v) is 2.96. The Morgan fingerprint density at radius 2 is 1.81 bits per heavy atom. The summed E-state index contributed by atoms with van der Waals surface area (Å²) >= 11 is 0. The molecule has 0 spiro atoms. The molecule has 26 heavy (non-hydrogen) atoms. The second kappa shape index (κ2) is 8.20. The first kappa shape index (κ1) is 17.5. The van der Waals surface area contributed by atoms with E-state index in [1.54, 1.807) is 13.3 Å². The predicted molar refractivity (Wildman–Crippen MR) is 101 cm³/mol. The van der Waals surface area contributed by atoms with E-state index in [1.807, 2.05) is 66.7 Å².